The molecular weight excluding hydrogens is 351 g/mol. The Bertz CT molecular complexity index is 726. The minimum Gasteiger partial charge on any atom is -0.472 e. The van der Waals surface area contributed by atoms with Crippen LogP contribution < -0.4 is 5.32 Å². The molecule has 1 aliphatic heterocycles. The summed E-state index contributed by atoms with van der Waals surface area (Å²) in [5.74, 6) is -0.530. The zero-order valence-electron chi connectivity index (χ0n) is 12.8. The third kappa shape index (κ3) is 3.91. The molecule has 1 aromatic heterocycles. The van der Waals surface area contributed by atoms with Crippen LogP contribution in [0.4, 0.5) is 5.69 Å². The average Bonchev–Trinajstić information content (AvgIpc) is 3.07. The van der Waals surface area contributed by atoms with Crippen LogP contribution in [0, 0.1) is 5.92 Å². The molecule has 0 aliphatic carbocycles. The van der Waals surface area contributed by atoms with E-state index in [2.05, 4.69) is 5.32 Å². The van der Waals surface area contributed by atoms with Gasteiger partial charge >= 0.3 is 0 Å². The Morgan fingerprint density at radius 3 is 2.62 bits per heavy atom. The standard InChI is InChI=1S/C17H16Cl2N2O3/c18-13-6-14(19)8-15(7-13)20-16(22)11-2-1-4-21(9-11)17(23)12-3-5-24-10-12/h3,5-8,10-11H,1-2,4,9H2,(H,20,22). The van der Waals surface area contributed by atoms with E-state index < -0.39 is 0 Å². The molecule has 1 fully saturated rings. The van der Waals surface area contributed by atoms with Crippen molar-refractivity contribution in [3.63, 3.8) is 0 Å². The Morgan fingerprint density at radius 2 is 1.96 bits per heavy atom. The fourth-order valence-electron chi connectivity index (χ4n) is 2.81. The van der Waals surface area contributed by atoms with Gasteiger partial charge in [-0.1, -0.05) is 23.2 Å². The highest BCUT2D eigenvalue weighted by Crippen LogP contribution is 2.25. The number of furan rings is 1. The maximum atomic E-state index is 12.5. The van der Waals surface area contributed by atoms with Crippen molar-refractivity contribution in [2.45, 2.75) is 12.8 Å². The summed E-state index contributed by atoms with van der Waals surface area (Å²) >= 11 is 11.9. The molecule has 1 aromatic carbocycles. The molecule has 2 amide bonds. The first-order valence-electron chi connectivity index (χ1n) is 7.61. The maximum Gasteiger partial charge on any atom is 0.257 e. The summed E-state index contributed by atoms with van der Waals surface area (Å²) in [6.07, 6.45) is 4.39. The largest absolute Gasteiger partial charge is 0.472 e. The summed E-state index contributed by atoms with van der Waals surface area (Å²) in [5, 5.41) is 3.74. The van der Waals surface area contributed by atoms with Gasteiger partial charge in [0, 0.05) is 28.8 Å². The Kier molecular flexibility index (Phi) is 5.11. The SMILES string of the molecule is O=C(Nc1cc(Cl)cc(Cl)c1)C1CCCN(C(=O)c2ccoc2)C1. The van der Waals surface area contributed by atoms with Crippen LogP contribution in [0.2, 0.25) is 10.0 Å². The van der Waals surface area contributed by atoms with Crippen molar-refractivity contribution in [3.8, 4) is 0 Å². The van der Waals surface area contributed by atoms with Gasteiger partial charge < -0.3 is 14.6 Å². The minimum atomic E-state index is -0.271. The van der Waals surface area contributed by atoms with Gasteiger partial charge in [-0.15, -0.1) is 0 Å². The monoisotopic (exact) mass is 366 g/mol. The van der Waals surface area contributed by atoms with Crippen LogP contribution in [0.1, 0.15) is 23.2 Å². The number of amides is 2. The van der Waals surface area contributed by atoms with E-state index in [1.807, 2.05) is 0 Å². The second-order valence-electron chi connectivity index (χ2n) is 5.75. The van der Waals surface area contributed by atoms with E-state index in [-0.39, 0.29) is 17.7 Å². The number of carbonyl (C=O) groups is 2. The summed E-state index contributed by atoms with van der Waals surface area (Å²) in [6, 6.07) is 6.51. The molecule has 2 heterocycles. The fraction of sp³-hybridized carbons (Fsp3) is 0.294. The van der Waals surface area contributed by atoms with Crippen LogP contribution in [0.15, 0.2) is 41.2 Å². The lowest BCUT2D eigenvalue weighted by atomic mass is 9.96. The van der Waals surface area contributed by atoms with Crippen LogP contribution in [0.25, 0.3) is 0 Å². The fourth-order valence-corrected chi connectivity index (χ4v) is 3.34. The Balaban J connectivity index is 1.65. The van der Waals surface area contributed by atoms with E-state index in [4.69, 9.17) is 27.6 Å². The first-order chi connectivity index (χ1) is 11.5. The predicted molar refractivity (Wildman–Crippen MR) is 92.4 cm³/mol. The zero-order chi connectivity index (χ0) is 17.1. The van der Waals surface area contributed by atoms with Crippen LogP contribution >= 0.6 is 23.2 Å². The molecule has 0 radical (unpaired) electrons. The quantitative estimate of drug-likeness (QED) is 0.889. The molecule has 0 bridgehead atoms. The van der Waals surface area contributed by atoms with Gasteiger partial charge in [-0.3, -0.25) is 9.59 Å². The van der Waals surface area contributed by atoms with Crippen LogP contribution in [-0.4, -0.2) is 29.8 Å². The average molecular weight is 367 g/mol. The van der Waals surface area contributed by atoms with E-state index in [0.717, 1.165) is 12.8 Å². The summed E-state index contributed by atoms with van der Waals surface area (Å²) in [5.41, 5.74) is 1.05. The van der Waals surface area contributed by atoms with Gasteiger partial charge in [0.1, 0.15) is 6.26 Å². The maximum absolute atomic E-state index is 12.5. The molecule has 7 heteroatoms. The van der Waals surface area contributed by atoms with Gasteiger partial charge in [0.2, 0.25) is 5.91 Å². The first kappa shape index (κ1) is 16.9. The van der Waals surface area contributed by atoms with Crippen molar-refractivity contribution in [2.75, 3.05) is 18.4 Å². The predicted octanol–water partition coefficient (Wildman–Crippen LogP) is 4.08. The van der Waals surface area contributed by atoms with E-state index in [0.29, 0.717) is 34.4 Å². The molecule has 5 nitrogen and oxygen atoms in total. The van der Waals surface area contributed by atoms with Gasteiger partial charge in [-0.25, -0.2) is 0 Å². The number of nitrogens with one attached hydrogen (secondary N) is 1. The molecule has 0 spiro atoms. The van der Waals surface area contributed by atoms with Gasteiger partial charge in [-0.2, -0.15) is 0 Å². The molecule has 3 rings (SSSR count). The number of halogens is 2. The van der Waals surface area contributed by atoms with Gasteiger partial charge in [0.15, 0.2) is 0 Å². The normalized spacial score (nSPS) is 17.6. The van der Waals surface area contributed by atoms with Crippen LogP contribution in [0.3, 0.4) is 0 Å². The molecule has 126 valence electrons. The minimum absolute atomic E-state index is 0.118. The summed E-state index contributed by atoms with van der Waals surface area (Å²) in [4.78, 5) is 26.6. The lowest BCUT2D eigenvalue weighted by Crippen LogP contribution is -2.43. The lowest BCUT2D eigenvalue weighted by Gasteiger charge is -2.31. The van der Waals surface area contributed by atoms with Crippen molar-refractivity contribution in [3.05, 3.63) is 52.4 Å². The molecular formula is C17H16Cl2N2O3. The molecule has 1 unspecified atom stereocenters. The van der Waals surface area contributed by atoms with Gasteiger partial charge in [0.05, 0.1) is 17.7 Å². The molecule has 2 aromatic rings. The van der Waals surface area contributed by atoms with Crippen molar-refractivity contribution >= 4 is 40.7 Å². The van der Waals surface area contributed by atoms with Gasteiger partial charge in [0.25, 0.3) is 5.91 Å². The topological polar surface area (TPSA) is 62.6 Å². The van der Waals surface area contributed by atoms with Gasteiger partial charge in [-0.05, 0) is 37.1 Å². The molecule has 1 aliphatic rings. The highest BCUT2D eigenvalue weighted by atomic mass is 35.5. The number of likely N-dealkylation sites (tertiary alicyclic amines) is 1. The molecule has 24 heavy (non-hydrogen) atoms. The second kappa shape index (κ2) is 7.28. The van der Waals surface area contributed by atoms with Crippen LogP contribution in [0.5, 0.6) is 0 Å². The van der Waals surface area contributed by atoms with E-state index >= 15 is 0 Å². The summed E-state index contributed by atoms with van der Waals surface area (Å²) in [6.45, 7) is 1.01. The number of nitrogens with zero attached hydrogens (tertiary/aromatic N) is 1. The number of piperidine rings is 1. The smallest absolute Gasteiger partial charge is 0.257 e. The third-order valence-electron chi connectivity index (χ3n) is 3.98. The number of rotatable bonds is 3. The Morgan fingerprint density at radius 1 is 1.21 bits per heavy atom. The Hall–Kier alpha value is -1.98. The third-order valence-corrected chi connectivity index (χ3v) is 4.41. The number of hydrogen-bond acceptors (Lipinski definition) is 3. The van der Waals surface area contributed by atoms with Crippen molar-refractivity contribution < 1.29 is 14.0 Å². The molecule has 0 saturated carbocycles. The highest BCUT2D eigenvalue weighted by molar-refractivity contribution is 6.35. The molecule has 1 saturated heterocycles. The summed E-state index contributed by atoms with van der Waals surface area (Å²) in [7, 11) is 0. The number of hydrogen-bond donors (Lipinski definition) is 1. The number of carbonyl (C=O) groups excluding carboxylic acids is 2. The first-order valence-corrected chi connectivity index (χ1v) is 8.37. The molecule has 1 N–H and O–H groups in total. The highest BCUT2D eigenvalue weighted by Gasteiger charge is 2.29. The Labute approximate surface area is 149 Å². The van der Waals surface area contributed by atoms with E-state index in [9.17, 15) is 9.59 Å². The molecule has 1 atom stereocenters. The van der Waals surface area contributed by atoms with Crippen molar-refractivity contribution in [1.29, 1.82) is 0 Å². The van der Waals surface area contributed by atoms with Crippen molar-refractivity contribution in [1.82, 2.24) is 4.90 Å². The van der Waals surface area contributed by atoms with E-state index in [1.165, 1.54) is 12.5 Å². The van der Waals surface area contributed by atoms with Crippen molar-refractivity contribution in [2.24, 2.45) is 5.92 Å². The second-order valence-corrected chi connectivity index (χ2v) is 6.62. The zero-order valence-corrected chi connectivity index (χ0v) is 14.3. The lowest BCUT2D eigenvalue weighted by molar-refractivity contribution is -0.121. The summed E-state index contributed by atoms with van der Waals surface area (Å²) < 4.78 is 4.95. The number of benzene rings is 1. The van der Waals surface area contributed by atoms with Crippen LogP contribution in [-0.2, 0) is 4.79 Å². The van der Waals surface area contributed by atoms with E-state index in [1.54, 1.807) is 29.2 Å². The number of anilines is 1.